The Hall–Kier alpha value is -2.94. The Kier molecular flexibility index (Phi) is 3.89. The van der Waals surface area contributed by atoms with Crippen molar-refractivity contribution < 1.29 is 28.5 Å². The molecule has 0 bridgehead atoms. The van der Waals surface area contributed by atoms with Crippen LogP contribution in [0.5, 0.6) is 0 Å². The quantitative estimate of drug-likeness (QED) is 0.702. The van der Waals surface area contributed by atoms with Gasteiger partial charge < -0.3 is 29.4 Å². The number of anilines is 1. The van der Waals surface area contributed by atoms with Gasteiger partial charge in [0.2, 0.25) is 5.60 Å². The summed E-state index contributed by atoms with van der Waals surface area (Å²) in [5, 5.41) is 14.4. The third-order valence-electron chi connectivity index (χ3n) is 6.84. The van der Waals surface area contributed by atoms with Gasteiger partial charge in [0, 0.05) is 0 Å². The van der Waals surface area contributed by atoms with Gasteiger partial charge in [-0.1, -0.05) is 0 Å². The number of aromatic nitrogens is 3. The summed E-state index contributed by atoms with van der Waals surface area (Å²) in [5.41, 5.74) is 4.41. The lowest BCUT2D eigenvalue weighted by molar-refractivity contribution is -0.182. The number of carbonyl (C=O) groups excluding carboxylic acids is 1. The molecule has 2 saturated carbocycles. The zero-order valence-electron chi connectivity index (χ0n) is 17.7. The second-order valence-electron chi connectivity index (χ2n) is 9.19. The molecule has 2 aromatic heterocycles. The molecule has 4 heterocycles. The molecule has 2 aliphatic carbocycles. The maximum Gasteiger partial charge on any atom is 0.509 e. The van der Waals surface area contributed by atoms with Crippen molar-refractivity contribution in [1.82, 2.24) is 14.6 Å². The van der Waals surface area contributed by atoms with Crippen molar-refractivity contribution >= 4 is 17.5 Å². The first-order valence-electron chi connectivity index (χ1n) is 10.7. The maximum atomic E-state index is 12.5. The molecule has 0 amide bonds. The summed E-state index contributed by atoms with van der Waals surface area (Å²) >= 11 is 0. The van der Waals surface area contributed by atoms with Gasteiger partial charge in [0.15, 0.2) is 23.3 Å². The summed E-state index contributed by atoms with van der Waals surface area (Å²) in [5.74, 6) is -0.692. The molecule has 2 saturated heterocycles. The third kappa shape index (κ3) is 2.42. The number of nitrogen functional groups attached to an aromatic ring is 1. The first kappa shape index (κ1) is 19.7. The summed E-state index contributed by atoms with van der Waals surface area (Å²) < 4.78 is 31.2. The number of fused-ring (bicyclic) bond motifs is 1. The van der Waals surface area contributed by atoms with E-state index in [2.05, 4.69) is 16.2 Å². The Morgan fingerprint density at radius 3 is 2.81 bits per heavy atom. The molecule has 4 fully saturated rings. The fraction of sp³-hybridized carbons (Fsp3) is 0.619. The number of carbonyl (C=O) groups is 1. The molecule has 11 heteroatoms. The fourth-order valence-electron chi connectivity index (χ4n) is 5.50. The molecule has 6 rings (SSSR count). The van der Waals surface area contributed by atoms with Gasteiger partial charge in [0.25, 0.3) is 0 Å². The highest BCUT2D eigenvalue weighted by atomic mass is 16.8. The largest absolute Gasteiger partial charge is 0.509 e. The summed E-state index contributed by atoms with van der Waals surface area (Å²) in [4.78, 5) is 16.5. The van der Waals surface area contributed by atoms with E-state index in [0.29, 0.717) is 17.0 Å². The van der Waals surface area contributed by atoms with Crippen molar-refractivity contribution in [2.75, 3.05) is 5.73 Å². The molecule has 0 radical (unpaired) electrons. The van der Waals surface area contributed by atoms with E-state index in [9.17, 15) is 10.1 Å². The molecule has 2 N–H and O–H groups in total. The Balaban J connectivity index is 1.33. The van der Waals surface area contributed by atoms with Crippen LogP contribution in [0.2, 0.25) is 0 Å². The smallest absolute Gasteiger partial charge is 0.431 e. The van der Waals surface area contributed by atoms with Crippen LogP contribution in [0.3, 0.4) is 0 Å². The van der Waals surface area contributed by atoms with Crippen LogP contribution in [0.25, 0.3) is 5.52 Å². The number of hydrogen-bond acceptors (Lipinski definition) is 10. The third-order valence-corrected chi connectivity index (χ3v) is 6.84. The van der Waals surface area contributed by atoms with Crippen LogP contribution < -0.4 is 5.73 Å². The van der Waals surface area contributed by atoms with Crippen molar-refractivity contribution in [3.8, 4) is 6.07 Å². The molecule has 11 nitrogen and oxygen atoms in total. The van der Waals surface area contributed by atoms with Crippen LogP contribution >= 0.6 is 0 Å². The van der Waals surface area contributed by atoms with Crippen molar-refractivity contribution in [2.24, 2.45) is 0 Å². The second kappa shape index (κ2) is 6.31. The predicted molar refractivity (Wildman–Crippen MR) is 106 cm³/mol. The molecule has 168 valence electrons. The van der Waals surface area contributed by atoms with E-state index in [-0.39, 0.29) is 6.10 Å². The van der Waals surface area contributed by atoms with Crippen LogP contribution in [0.4, 0.5) is 10.6 Å². The van der Waals surface area contributed by atoms with Crippen molar-refractivity contribution in [3.63, 3.8) is 0 Å². The molecular weight excluding hydrogens is 418 g/mol. The monoisotopic (exact) mass is 441 g/mol. The normalized spacial score (nSPS) is 37.1. The molecule has 2 aliphatic heterocycles. The van der Waals surface area contributed by atoms with E-state index in [4.69, 9.17) is 29.4 Å². The average Bonchev–Trinajstić information content (AvgIpc) is 3.32. The molecule has 1 spiro atoms. The molecule has 5 atom stereocenters. The van der Waals surface area contributed by atoms with E-state index in [1.54, 1.807) is 30.5 Å². The Bertz CT molecular complexity index is 1150. The molecule has 1 unspecified atom stereocenters. The Morgan fingerprint density at radius 2 is 2.06 bits per heavy atom. The summed E-state index contributed by atoms with van der Waals surface area (Å²) in [6, 6.07) is 5.76. The lowest BCUT2D eigenvalue weighted by Gasteiger charge is -2.24. The highest BCUT2D eigenvalue weighted by Gasteiger charge is 2.96. The first-order valence-corrected chi connectivity index (χ1v) is 10.7. The fourth-order valence-corrected chi connectivity index (χ4v) is 5.50. The highest BCUT2D eigenvalue weighted by Crippen LogP contribution is 2.71. The maximum absolute atomic E-state index is 12.5. The molecule has 2 aromatic rings. The van der Waals surface area contributed by atoms with Crippen LogP contribution in [0.15, 0.2) is 18.5 Å². The van der Waals surface area contributed by atoms with Gasteiger partial charge in [0.1, 0.15) is 36.2 Å². The minimum Gasteiger partial charge on any atom is -0.431 e. The van der Waals surface area contributed by atoms with Gasteiger partial charge in [-0.2, -0.15) is 10.4 Å². The van der Waals surface area contributed by atoms with Crippen LogP contribution in [-0.4, -0.2) is 56.1 Å². The van der Waals surface area contributed by atoms with E-state index >= 15 is 0 Å². The van der Waals surface area contributed by atoms with Gasteiger partial charge >= 0.3 is 6.16 Å². The number of nitrogens with two attached hydrogens (primary N) is 1. The second-order valence-corrected chi connectivity index (χ2v) is 9.19. The van der Waals surface area contributed by atoms with E-state index in [0.717, 1.165) is 25.7 Å². The van der Waals surface area contributed by atoms with Crippen molar-refractivity contribution in [3.05, 3.63) is 24.2 Å². The number of rotatable bonds is 3. The molecule has 4 aliphatic rings. The van der Waals surface area contributed by atoms with Gasteiger partial charge in [-0.05, 0) is 51.7 Å². The minimum atomic E-state index is -1.52. The number of nitriles is 1. The average molecular weight is 441 g/mol. The van der Waals surface area contributed by atoms with Crippen LogP contribution in [0, 0.1) is 11.3 Å². The SMILES string of the molecule is CC1(C)O[C@H]2[C@H](c3ccc4c(N)ncnn34)O[C@]3(C#N)C(OC(=O)OC4CCCC4)[C@]23O1. The van der Waals surface area contributed by atoms with Crippen molar-refractivity contribution in [1.29, 1.82) is 5.26 Å². The summed E-state index contributed by atoms with van der Waals surface area (Å²) in [7, 11) is 0. The van der Waals surface area contributed by atoms with E-state index in [1.807, 2.05) is 0 Å². The minimum absolute atomic E-state index is 0.157. The zero-order chi connectivity index (χ0) is 22.3. The van der Waals surface area contributed by atoms with Gasteiger partial charge in [-0.15, -0.1) is 0 Å². The molecule has 0 aromatic carbocycles. The summed E-state index contributed by atoms with van der Waals surface area (Å²) in [6.45, 7) is 3.50. The summed E-state index contributed by atoms with van der Waals surface area (Å²) in [6.07, 6.45) is 1.66. The molecule has 32 heavy (non-hydrogen) atoms. The van der Waals surface area contributed by atoms with Crippen LogP contribution in [0.1, 0.15) is 51.3 Å². The van der Waals surface area contributed by atoms with Gasteiger partial charge in [0.05, 0.1) is 5.69 Å². The van der Waals surface area contributed by atoms with Crippen LogP contribution in [-0.2, 0) is 23.7 Å². The molecular formula is C21H23N5O6. The van der Waals surface area contributed by atoms with Gasteiger partial charge in [-0.25, -0.2) is 14.3 Å². The lowest BCUT2D eigenvalue weighted by atomic mass is 10.0. The van der Waals surface area contributed by atoms with E-state index < -0.39 is 41.5 Å². The topological polar surface area (TPSA) is 143 Å². The predicted octanol–water partition coefficient (Wildman–Crippen LogP) is 2.01. The number of nitrogens with zero attached hydrogens (tertiary/aromatic N) is 4. The lowest BCUT2D eigenvalue weighted by Crippen LogP contribution is -2.34. The highest BCUT2D eigenvalue weighted by molar-refractivity contribution is 5.66. The zero-order valence-corrected chi connectivity index (χ0v) is 17.7. The first-order chi connectivity index (χ1) is 15.3. The Morgan fingerprint density at radius 1 is 1.28 bits per heavy atom. The standard InChI is InChI=1S/C21H23N5O6/c1-19(2)31-15-14(12-7-8-13-16(23)24-10-25-26(12)13)30-20(9-22)17(21(15,20)32-19)29-18(27)28-11-5-3-4-6-11/h7-8,10-11,14-15,17H,3-6H2,1-2H3,(H2,23,24,25)/t14-,15-,17?,20+,21+/m0/s1. The van der Waals surface area contributed by atoms with Crippen molar-refractivity contribution in [2.45, 2.75) is 80.9 Å². The van der Waals surface area contributed by atoms with E-state index in [1.165, 1.54) is 6.33 Å². The number of hydrogen-bond donors (Lipinski definition) is 1. The number of ether oxygens (including phenoxy) is 5. The van der Waals surface area contributed by atoms with Gasteiger partial charge in [-0.3, -0.25) is 0 Å². The Labute approximate surface area is 183 Å².